The van der Waals surface area contributed by atoms with Gasteiger partial charge in [0.25, 0.3) is 0 Å². The van der Waals surface area contributed by atoms with Gasteiger partial charge in [-0.15, -0.1) is 0 Å². The minimum absolute atomic E-state index is 0.0171. The highest BCUT2D eigenvalue weighted by Gasteiger charge is 2.07. The molecule has 0 aliphatic rings. The lowest BCUT2D eigenvalue weighted by atomic mass is 10.3. The third-order valence-corrected chi connectivity index (χ3v) is 0.877. The van der Waals surface area contributed by atoms with Crippen LogP contribution >= 0.6 is 0 Å². The van der Waals surface area contributed by atoms with Crippen molar-refractivity contribution >= 4 is 11.7 Å². The van der Waals surface area contributed by atoms with Gasteiger partial charge < -0.3 is 9.94 Å². The largest absolute Gasteiger partial charge is 0.481 e. The van der Waals surface area contributed by atoms with Gasteiger partial charge in [0.2, 0.25) is 0 Å². The normalized spacial score (nSPS) is 11.9. The van der Waals surface area contributed by atoms with Gasteiger partial charge in [0.05, 0.1) is 12.1 Å². The predicted molar refractivity (Wildman–Crippen MR) is 41.6 cm³/mol. The van der Waals surface area contributed by atoms with Gasteiger partial charge in [-0.3, -0.25) is 4.79 Å². The van der Waals surface area contributed by atoms with Gasteiger partial charge in [0, 0.05) is 0 Å². The van der Waals surface area contributed by atoms with Crippen LogP contribution in [0.3, 0.4) is 0 Å². The number of aliphatic carboxylic acids is 1. The number of hydrogen-bond acceptors (Lipinski definition) is 3. The van der Waals surface area contributed by atoms with Crippen molar-refractivity contribution in [2.75, 3.05) is 0 Å². The van der Waals surface area contributed by atoms with Crippen LogP contribution in [0.5, 0.6) is 0 Å². The molecule has 0 fully saturated rings. The maximum atomic E-state index is 10.1. The maximum Gasteiger partial charge on any atom is 0.307 e. The van der Waals surface area contributed by atoms with Gasteiger partial charge in [-0.1, -0.05) is 5.16 Å². The van der Waals surface area contributed by atoms with E-state index in [2.05, 4.69) is 5.16 Å². The van der Waals surface area contributed by atoms with Gasteiger partial charge >= 0.3 is 5.97 Å². The van der Waals surface area contributed by atoms with E-state index in [9.17, 15) is 4.79 Å². The third-order valence-electron chi connectivity index (χ3n) is 0.877. The summed E-state index contributed by atoms with van der Waals surface area (Å²) in [5.41, 5.74) is 0.780. The quantitative estimate of drug-likeness (QED) is 0.496. The summed E-state index contributed by atoms with van der Waals surface area (Å²) in [5, 5.41) is 12.0. The van der Waals surface area contributed by atoms with E-state index in [4.69, 9.17) is 9.94 Å². The molecule has 0 saturated heterocycles. The molecule has 1 atom stereocenters. The van der Waals surface area contributed by atoms with Crippen LogP contribution in [-0.2, 0) is 9.63 Å². The van der Waals surface area contributed by atoms with E-state index in [1.165, 1.54) is 0 Å². The Labute approximate surface area is 65.8 Å². The Balaban J connectivity index is 3.61. The van der Waals surface area contributed by atoms with Gasteiger partial charge in [-0.2, -0.15) is 0 Å². The van der Waals surface area contributed by atoms with Gasteiger partial charge in [0.1, 0.15) is 6.10 Å². The van der Waals surface area contributed by atoms with E-state index in [1.807, 2.05) is 0 Å². The number of rotatable bonds is 4. The van der Waals surface area contributed by atoms with Crippen LogP contribution in [0.4, 0.5) is 0 Å². The van der Waals surface area contributed by atoms with Crippen LogP contribution in [0.1, 0.15) is 27.2 Å². The molecule has 0 rings (SSSR count). The lowest BCUT2D eigenvalue weighted by Crippen LogP contribution is -2.11. The zero-order chi connectivity index (χ0) is 8.85. The molecule has 4 heteroatoms. The van der Waals surface area contributed by atoms with Crippen LogP contribution in [-0.4, -0.2) is 22.9 Å². The van der Waals surface area contributed by atoms with Crippen molar-refractivity contribution in [2.24, 2.45) is 5.16 Å². The summed E-state index contributed by atoms with van der Waals surface area (Å²) in [6.45, 7) is 5.24. The zero-order valence-corrected chi connectivity index (χ0v) is 7.00. The van der Waals surface area contributed by atoms with Crippen LogP contribution < -0.4 is 0 Å². The first-order valence-corrected chi connectivity index (χ1v) is 3.41. The minimum atomic E-state index is -0.874. The first-order valence-electron chi connectivity index (χ1n) is 3.41. The zero-order valence-electron chi connectivity index (χ0n) is 7.00. The van der Waals surface area contributed by atoms with Crippen LogP contribution in [0.2, 0.25) is 0 Å². The summed E-state index contributed by atoms with van der Waals surface area (Å²) in [4.78, 5) is 14.9. The number of carboxylic acids is 1. The molecule has 0 aliphatic heterocycles. The van der Waals surface area contributed by atoms with Crippen LogP contribution in [0, 0.1) is 0 Å². The van der Waals surface area contributed by atoms with Crippen molar-refractivity contribution in [3.05, 3.63) is 0 Å². The van der Waals surface area contributed by atoms with Gasteiger partial charge in [0.15, 0.2) is 0 Å². The number of oxime groups is 1. The molecule has 0 aromatic rings. The minimum Gasteiger partial charge on any atom is -0.481 e. The number of hydrogen-bond donors (Lipinski definition) is 1. The monoisotopic (exact) mass is 159 g/mol. The molecule has 11 heavy (non-hydrogen) atoms. The highest BCUT2D eigenvalue weighted by atomic mass is 16.6. The Hall–Kier alpha value is -1.06. The second-order valence-electron chi connectivity index (χ2n) is 2.55. The lowest BCUT2D eigenvalue weighted by molar-refractivity contribution is -0.139. The Morgan fingerprint density at radius 2 is 2.18 bits per heavy atom. The first kappa shape index (κ1) is 9.94. The molecule has 0 heterocycles. The maximum absolute atomic E-state index is 10.1. The van der Waals surface area contributed by atoms with E-state index in [0.717, 1.165) is 5.71 Å². The van der Waals surface area contributed by atoms with Crippen LogP contribution in [0.15, 0.2) is 5.16 Å². The van der Waals surface area contributed by atoms with Crippen molar-refractivity contribution < 1.29 is 14.7 Å². The molecule has 0 amide bonds. The fourth-order valence-electron chi connectivity index (χ4n) is 0.479. The van der Waals surface area contributed by atoms with E-state index >= 15 is 0 Å². The molecule has 0 aromatic heterocycles. The smallest absolute Gasteiger partial charge is 0.307 e. The average molecular weight is 159 g/mol. The number of carboxylic acid groups (broad SMARTS) is 1. The summed E-state index contributed by atoms with van der Waals surface area (Å²) < 4.78 is 0. The van der Waals surface area contributed by atoms with E-state index in [0.29, 0.717) is 0 Å². The highest BCUT2D eigenvalue weighted by Crippen LogP contribution is 1.97. The fourth-order valence-corrected chi connectivity index (χ4v) is 0.479. The molecule has 0 bridgehead atoms. The second-order valence-corrected chi connectivity index (χ2v) is 2.55. The summed E-state index contributed by atoms with van der Waals surface area (Å²) in [7, 11) is 0. The van der Waals surface area contributed by atoms with Crippen molar-refractivity contribution in [3.63, 3.8) is 0 Å². The van der Waals surface area contributed by atoms with Gasteiger partial charge in [-0.25, -0.2) is 0 Å². The van der Waals surface area contributed by atoms with Crippen molar-refractivity contribution in [1.29, 1.82) is 0 Å². The summed E-state index contributed by atoms with van der Waals surface area (Å²) >= 11 is 0. The molecule has 1 N–H and O–H groups in total. The average Bonchev–Trinajstić information content (AvgIpc) is 1.82. The van der Waals surface area contributed by atoms with Crippen molar-refractivity contribution in [1.82, 2.24) is 0 Å². The SMILES string of the molecule is CC(C)=NOC(C)CC(=O)O. The van der Waals surface area contributed by atoms with E-state index < -0.39 is 5.97 Å². The standard InChI is InChI=1S/C7H13NO3/c1-5(2)8-11-6(3)4-7(9)10/h6H,4H2,1-3H3,(H,9,10). The first-order chi connectivity index (χ1) is 5.02. The molecule has 1 unspecified atom stereocenters. The highest BCUT2D eigenvalue weighted by molar-refractivity contribution is 5.78. The molecular formula is C7H13NO3. The number of carbonyl (C=O) groups is 1. The second kappa shape index (κ2) is 4.71. The molecular weight excluding hydrogens is 146 g/mol. The molecule has 0 radical (unpaired) electrons. The molecule has 0 spiro atoms. The van der Waals surface area contributed by atoms with Crippen molar-refractivity contribution in [2.45, 2.75) is 33.3 Å². The number of nitrogens with zero attached hydrogens (tertiary/aromatic N) is 1. The van der Waals surface area contributed by atoms with Gasteiger partial charge in [-0.05, 0) is 20.8 Å². The predicted octanol–water partition coefficient (Wildman–Crippen LogP) is 1.26. The van der Waals surface area contributed by atoms with E-state index in [1.54, 1.807) is 20.8 Å². The summed E-state index contributed by atoms with van der Waals surface area (Å²) in [6.07, 6.45) is -0.376. The molecule has 0 aliphatic carbocycles. The molecule has 64 valence electrons. The topological polar surface area (TPSA) is 58.9 Å². The lowest BCUT2D eigenvalue weighted by Gasteiger charge is -2.05. The summed E-state index contributed by atoms with van der Waals surface area (Å²) in [5.74, 6) is -0.874. The van der Waals surface area contributed by atoms with Crippen molar-refractivity contribution in [3.8, 4) is 0 Å². The molecule has 0 saturated carbocycles. The Morgan fingerprint density at radius 3 is 2.55 bits per heavy atom. The fraction of sp³-hybridized carbons (Fsp3) is 0.714. The molecule has 0 aromatic carbocycles. The third kappa shape index (κ3) is 6.83. The Kier molecular flexibility index (Phi) is 4.26. The van der Waals surface area contributed by atoms with Crippen LogP contribution in [0.25, 0.3) is 0 Å². The Bertz CT molecular complexity index is 161. The summed E-state index contributed by atoms with van der Waals surface area (Å²) in [6, 6.07) is 0. The Morgan fingerprint density at radius 1 is 1.64 bits per heavy atom. The van der Waals surface area contributed by atoms with E-state index in [-0.39, 0.29) is 12.5 Å². The molecule has 4 nitrogen and oxygen atoms in total.